The molecule has 0 aliphatic heterocycles. The van der Waals surface area contributed by atoms with E-state index in [-0.39, 0.29) is 6.54 Å². The first-order valence-corrected chi connectivity index (χ1v) is 4.19. The summed E-state index contributed by atoms with van der Waals surface area (Å²) in [4.78, 5) is 11.3. The minimum Gasteiger partial charge on any atom is -0.408 e. The predicted octanol–water partition coefficient (Wildman–Crippen LogP) is 1.43. The van der Waals surface area contributed by atoms with E-state index in [0.717, 1.165) is 5.56 Å². The average molecular weight is 188 g/mol. The lowest BCUT2D eigenvalue weighted by atomic mass is 10.2. The lowest BCUT2D eigenvalue weighted by Crippen LogP contribution is -2.12. The summed E-state index contributed by atoms with van der Waals surface area (Å²) in [5.41, 5.74) is 2.23. The largest absolute Gasteiger partial charge is 0.420 e. The smallest absolute Gasteiger partial charge is 0.408 e. The van der Waals surface area contributed by atoms with Gasteiger partial charge in [0.15, 0.2) is 5.58 Å². The molecule has 0 atom stereocenters. The second-order valence-corrected chi connectivity index (χ2v) is 3.08. The molecule has 0 fully saturated rings. The van der Waals surface area contributed by atoms with Crippen molar-refractivity contribution in [3.05, 3.63) is 34.3 Å². The standard InChI is InChI=1S/C10H8N2O2/c1-7-2-3-9-8(6-7)12(5-4-11)10(13)14-9/h2-3,6H,5H2,1H3. The maximum Gasteiger partial charge on any atom is 0.420 e. The van der Waals surface area contributed by atoms with Crippen LogP contribution in [0, 0.1) is 18.3 Å². The molecule has 0 N–H and O–H groups in total. The number of nitrogens with zero attached hydrogens (tertiary/aromatic N) is 2. The molecule has 1 aromatic heterocycles. The fraction of sp³-hybridized carbons (Fsp3) is 0.200. The van der Waals surface area contributed by atoms with E-state index in [9.17, 15) is 4.79 Å². The lowest BCUT2D eigenvalue weighted by molar-refractivity contribution is 0.521. The van der Waals surface area contributed by atoms with Gasteiger partial charge in [-0.1, -0.05) is 6.07 Å². The number of fused-ring (bicyclic) bond motifs is 1. The SMILES string of the molecule is Cc1ccc2oc(=O)n(CC#N)c2c1. The zero-order chi connectivity index (χ0) is 10.1. The van der Waals surface area contributed by atoms with Gasteiger partial charge in [0.2, 0.25) is 0 Å². The first-order chi connectivity index (χ1) is 6.72. The normalized spacial score (nSPS) is 10.3. The summed E-state index contributed by atoms with van der Waals surface area (Å²) >= 11 is 0. The number of rotatable bonds is 1. The van der Waals surface area contributed by atoms with Crippen LogP contribution in [-0.4, -0.2) is 4.57 Å². The Labute approximate surface area is 80.0 Å². The highest BCUT2D eigenvalue weighted by Crippen LogP contribution is 2.14. The molecule has 0 aliphatic carbocycles. The Balaban J connectivity index is 2.81. The summed E-state index contributed by atoms with van der Waals surface area (Å²) < 4.78 is 6.28. The highest BCUT2D eigenvalue weighted by atomic mass is 16.4. The maximum absolute atomic E-state index is 11.3. The van der Waals surface area contributed by atoms with Crippen LogP contribution in [0.2, 0.25) is 0 Å². The maximum atomic E-state index is 11.3. The van der Waals surface area contributed by atoms with Gasteiger partial charge in [0, 0.05) is 0 Å². The van der Waals surface area contributed by atoms with Crippen molar-refractivity contribution < 1.29 is 4.42 Å². The molecular formula is C10H8N2O2. The fourth-order valence-electron chi connectivity index (χ4n) is 1.39. The Morgan fingerprint density at radius 3 is 3.07 bits per heavy atom. The molecule has 0 spiro atoms. The quantitative estimate of drug-likeness (QED) is 0.680. The van der Waals surface area contributed by atoms with Crippen LogP contribution >= 0.6 is 0 Å². The Kier molecular flexibility index (Phi) is 1.86. The van der Waals surface area contributed by atoms with Gasteiger partial charge in [-0.15, -0.1) is 0 Å². The van der Waals surface area contributed by atoms with Crippen molar-refractivity contribution in [3.63, 3.8) is 0 Å². The van der Waals surface area contributed by atoms with E-state index < -0.39 is 5.76 Å². The van der Waals surface area contributed by atoms with Crippen LogP contribution in [0.1, 0.15) is 5.56 Å². The number of aryl methyl sites for hydroxylation is 1. The van der Waals surface area contributed by atoms with Crippen molar-refractivity contribution in [2.24, 2.45) is 0 Å². The van der Waals surface area contributed by atoms with Crippen molar-refractivity contribution in [1.82, 2.24) is 4.57 Å². The van der Waals surface area contributed by atoms with Crippen LogP contribution < -0.4 is 5.76 Å². The number of aromatic nitrogens is 1. The predicted molar refractivity (Wildman–Crippen MR) is 50.8 cm³/mol. The van der Waals surface area contributed by atoms with Gasteiger partial charge in [-0.05, 0) is 24.6 Å². The van der Waals surface area contributed by atoms with E-state index in [1.54, 1.807) is 6.07 Å². The summed E-state index contributed by atoms with van der Waals surface area (Å²) in [6, 6.07) is 7.36. The van der Waals surface area contributed by atoms with E-state index in [2.05, 4.69) is 0 Å². The Morgan fingerprint density at radius 1 is 1.57 bits per heavy atom. The molecule has 0 bridgehead atoms. The summed E-state index contributed by atoms with van der Waals surface area (Å²) in [5, 5.41) is 8.54. The fourth-order valence-corrected chi connectivity index (χ4v) is 1.39. The molecule has 0 radical (unpaired) electrons. The van der Waals surface area contributed by atoms with E-state index in [1.807, 2.05) is 25.1 Å². The molecule has 2 aromatic rings. The van der Waals surface area contributed by atoms with E-state index in [1.165, 1.54) is 4.57 Å². The topological polar surface area (TPSA) is 58.9 Å². The third-order valence-electron chi connectivity index (χ3n) is 2.05. The third-order valence-corrected chi connectivity index (χ3v) is 2.05. The van der Waals surface area contributed by atoms with Gasteiger partial charge in [-0.2, -0.15) is 5.26 Å². The minimum absolute atomic E-state index is 0.0231. The molecule has 0 amide bonds. The van der Waals surface area contributed by atoms with Gasteiger partial charge >= 0.3 is 5.76 Å². The van der Waals surface area contributed by atoms with Gasteiger partial charge in [-0.25, -0.2) is 4.79 Å². The number of hydrogen-bond donors (Lipinski definition) is 0. The van der Waals surface area contributed by atoms with E-state index >= 15 is 0 Å². The minimum atomic E-state index is -0.479. The first-order valence-electron chi connectivity index (χ1n) is 4.19. The highest BCUT2D eigenvalue weighted by molar-refractivity contribution is 5.73. The number of hydrogen-bond acceptors (Lipinski definition) is 3. The zero-order valence-corrected chi connectivity index (χ0v) is 7.65. The summed E-state index contributed by atoms with van der Waals surface area (Å²) in [6.07, 6.45) is 0. The third kappa shape index (κ3) is 1.19. The molecule has 2 rings (SSSR count). The second kappa shape index (κ2) is 3.04. The molecular weight excluding hydrogens is 180 g/mol. The van der Waals surface area contributed by atoms with Crippen molar-refractivity contribution in [1.29, 1.82) is 5.26 Å². The van der Waals surface area contributed by atoms with Crippen molar-refractivity contribution >= 4 is 11.1 Å². The summed E-state index contributed by atoms with van der Waals surface area (Å²) in [6.45, 7) is 1.95. The molecule has 14 heavy (non-hydrogen) atoms. The molecule has 0 saturated carbocycles. The van der Waals surface area contributed by atoms with Gasteiger partial charge in [-0.3, -0.25) is 4.57 Å². The molecule has 0 unspecified atom stereocenters. The van der Waals surface area contributed by atoms with Crippen molar-refractivity contribution in [3.8, 4) is 6.07 Å². The van der Waals surface area contributed by atoms with Crippen molar-refractivity contribution in [2.75, 3.05) is 0 Å². The Morgan fingerprint density at radius 2 is 2.36 bits per heavy atom. The van der Waals surface area contributed by atoms with Crippen LogP contribution in [0.4, 0.5) is 0 Å². The van der Waals surface area contributed by atoms with Gasteiger partial charge in [0.25, 0.3) is 0 Å². The molecule has 4 nitrogen and oxygen atoms in total. The second-order valence-electron chi connectivity index (χ2n) is 3.08. The van der Waals surface area contributed by atoms with Crippen LogP contribution in [0.25, 0.3) is 11.1 Å². The van der Waals surface area contributed by atoms with Gasteiger partial charge < -0.3 is 4.42 Å². The monoisotopic (exact) mass is 188 g/mol. The number of oxazole rings is 1. The zero-order valence-electron chi connectivity index (χ0n) is 7.65. The molecule has 0 saturated heterocycles. The Hall–Kier alpha value is -2.02. The van der Waals surface area contributed by atoms with Crippen LogP contribution in [0.15, 0.2) is 27.4 Å². The molecule has 4 heteroatoms. The van der Waals surface area contributed by atoms with Crippen LogP contribution in [-0.2, 0) is 6.54 Å². The Bertz CT molecular complexity index is 572. The number of benzene rings is 1. The van der Waals surface area contributed by atoms with Gasteiger partial charge in [0.05, 0.1) is 11.6 Å². The van der Waals surface area contributed by atoms with Crippen LogP contribution in [0.3, 0.4) is 0 Å². The van der Waals surface area contributed by atoms with Crippen LogP contribution in [0.5, 0.6) is 0 Å². The summed E-state index contributed by atoms with van der Waals surface area (Å²) in [7, 11) is 0. The van der Waals surface area contributed by atoms with Gasteiger partial charge in [0.1, 0.15) is 6.54 Å². The average Bonchev–Trinajstić information content (AvgIpc) is 2.45. The summed E-state index contributed by atoms with van der Waals surface area (Å²) in [5.74, 6) is -0.479. The van der Waals surface area contributed by atoms with Crippen molar-refractivity contribution in [2.45, 2.75) is 13.5 Å². The first kappa shape index (κ1) is 8.57. The lowest BCUT2D eigenvalue weighted by Gasteiger charge is -1.94. The number of nitriles is 1. The molecule has 0 aliphatic rings. The molecule has 70 valence electrons. The highest BCUT2D eigenvalue weighted by Gasteiger charge is 2.07. The molecule has 1 aromatic carbocycles. The van der Waals surface area contributed by atoms with E-state index in [0.29, 0.717) is 11.1 Å². The van der Waals surface area contributed by atoms with E-state index in [4.69, 9.17) is 9.68 Å². The molecule has 1 heterocycles.